The zero-order chi connectivity index (χ0) is 21.7. The third-order valence-corrected chi connectivity index (χ3v) is 5.73. The Morgan fingerprint density at radius 2 is 2.00 bits per heavy atom. The van der Waals surface area contributed by atoms with Crippen molar-refractivity contribution in [1.82, 2.24) is 14.9 Å². The van der Waals surface area contributed by atoms with Gasteiger partial charge in [0.15, 0.2) is 0 Å². The minimum atomic E-state index is -3.80. The monoisotopic (exact) mass is 430 g/mol. The average Bonchev–Trinajstić information content (AvgIpc) is 3.07. The fourth-order valence-electron chi connectivity index (χ4n) is 3.36. The molecule has 8 nitrogen and oxygen atoms in total. The van der Waals surface area contributed by atoms with E-state index < -0.39 is 10.0 Å². The van der Waals surface area contributed by atoms with Gasteiger partial charge in [-0.1, -0.05) is 25.1 Å². The lowest BCUT2D eigenvalue weighted by atomic mass is 10.2. The number of carbonyl (C=O) groups is 1. The first kappa shape index (κ1) is 21.8. The van der Waals surface area contributed by atoms with Crippen LogP contribution in [0.5, 0.6) is 5.75 Å². The number of hydrogen-bond donors (Lipinski definition) is 2. The minimum Gasteiger partial charge on any atom is -0.496 e. The highest BCUT2D eigenvalue weighted by Gasteiger charge is 2.15. The molecular formula is C21H26N4O4S. The first-order chi connectivity index (χ1) is 14.3. The van der Waals surface area contributed by atoms with Gasteiger partial charge in [-0.05, 0) is 30.7 Å². The van der Waals surface area contributed by atoms with Crippen LogP contribution in [0.4, 0.5) is 0 Å². The van der Waals surface area contributed by atoms with Crippen LogP contribution in [0.3, 0.4) is 0 Å². The van der Waals surface area contributed by atoms with Gasteiger partial charge in [-0.3, -0.25) is 4.79 Å². The van der Waals surface area contributed by atoms with E-state index in [0.29, 0.717) is 18.5 Å². The van der Waals surface area contributed by atoms with Gasteiger partial charge in [0.2, 0.25) is 15.9 Å². The van der Waals surface area contributed by atoms with Crippen LogP contribution in [0, 0.1) is 0 Å². The number of ether oxygens (including phenoxy) is 1. The summed E-state index contributed by atoms with van der Waals surface area (Å²) < 4.78 is 30.6. The number of nitrogens with one attached hydrogen (secondary N) is 1. The highest BCUT2D eigenvalue weighted by Crippen LogP contribution is 2.21. The van der Waals surface area contributed by atoms with Crippen LogP contribution in [0.1, 0.15) is 31.2 Å². The average molecular weight is 431 g/mol. The maximum atomic E-state index is 12.4. The number of nitrogens with zero attached hydrogens (tertiary/aromatic N) is 2. The standard InChI is InChI=1S/C21H26N4O4S/c1-3-12-25-18-9-8-16(30(22,27)28)13-17(18)24-20(25)10-11-21(26)23-14-15-6-4-5-7-19(15)29-2/h4-9,13H,3,10-12,14H2,1-2H3,(H,23,26)(H2,22,27,28). The van der Waals surface area contributed by atoms with Crippen LogP contribution in [0.2, 0.25) is 0 Å². The van der Waals surface area contributed by atoms with Crippen molar-refractivity contribution in [3.63, 3.8) is 0 Å². The number of hydrogen-bond acceptors (Lipinski definition) is 5. The van der Waals surface area contributed by atoms with E-state index in [9.17, 15) is 13.2 Å². The van der Waals surface area contributed by atoms with Gasteiger partial charge in [0.1, 0.15) is 11.6 Å². The molecule has 30 heavy (non-hydrogen) atoms. The molecule has 0 aliphatic heterocycles. The molecule has 0 fully saturated rings. The summed E-state index contributed by atoms with van der Waals surface area (Å²) in [6, 6.07) is 12.2. The Hall–Kier alpha value is -2.91. The SMILES string of the molecule is CCCn1c(CCC(=O)NCc2ccccc2OC)nc2cc(S(N)(=O)=O)ccc21. The molecule has 0 saturated heterocycles. The number of aryl methyl sites for hydroxylation is 2. The Balaban J connectivity index is 1.72. The number of sulfonamides is 1. The lowest BCUT2D eigenvalue weighted by molar-refractivity contribution is -0.121. The second-order valence-electron chi connectivity index (χ2n) is 6.96. The summed E-state index contributed by atoms with van der Waals surface area (Å²) in [5.74, 6) is 1.38. The summed E-state index contributed by atoms with van der Waals surface area (Å²) in [4.78, 5) is 17.0. The van der Waals surface area contributed by atoms with Gasteiger partial charge in [0.25, 0.3) is 0 Å². The van der Waals surface area contributed by atoms with E-state index in [1.54, 1.807) is 13.2 Å². The molecule has 160 valence electrons. The van der Waals surface area contributed by atoms with E-state index >= 15 is 0 Å². The maximum absolute atomic E-state index is 12.4. The summed E-state index contributed by atoms with van der Waals surface area (Å²) in [6.45, 7) is 3.16. The molecule has 0 atom stereocenters. The summed E-state index contributed by atoms with van der Waals surface area (Å²) in [5, 5.41) is 8.13. The Kier molecular flexibility index (Phi) is 6.73. The molecule has 1 heterocycles. The zero-order valence-corrected chi connectivity index (χ0v) is 17.9. The van der Waals surface area contributed by atoms with E-state index in [4.69, 9.17) is 9.88 Å². The molecule has 9 heteroatoms. The maximum Gasteiger partial charge on any atom is 0.238 e. The number of para-hydroxylation sites is 1. The second-order valence-corrected chi connectivity index (χ2v) is 8.53. The van der Waals surface area contributed by atoms with Crippen LogP contribution in [-0.4, -0.2) is 31.0 Å². The fraction of sp³-hybridized carbons (Fsp3) is 0.333. The Bertz CT molecular complexity index is 1160. The van der Waals surface area contributed by atoms with Crippen molar-refractivity contribution in [3.05, 3.63) is 53.9 Å². The number of primary sulfonamides is 1. The Labute approximate surface area is 176 Å². The van der Waals surface area contributed by atoms with Crippen molar-refractivity contribution in [1.29, 1.82) is 0 Å². The number of aromatic nitrogens is 2. The molecule has 0 bridgehead atoms. The topological polar surface area (TPSA) is 116 Å². The molecule has 2 aromatic carbocycles. The first-order valence-electron chi connectivity index (χ1n) is 9.74. The van der Waals surface area contributed by atoms with Gasteiger partial charge in [-0.15, -0.1) is 0 Å². The highest BCUT2D eigenvalue weighted by atomic mass is 32.2. The summed E-state index contributed by atoms with van der Waals surface area (Å²) in [6.07, 6.45) is 1.59. The molecule has 1 amide bonds. The highest BCUT2D eigenvalue weighted by molar-refractivity contribution is 7.89. The van der Waals surface area contributed by atoms with Gasteiger partial charge >= 0.3 is 0 Å². The molecule has 0 aliphatic rings. The van der Waals surface area contributed by atoms with E-state index in [1.165, 1.54) is 12.1 Å². The van der Waals surface area contributed by atoms with Crippen molar-refractivity contribution in [2.75, 3.05) is 7.11 Å². The molecule has 0 spiro atoms. The molecule has 3 N–H and O–H groups in total. The number of fused-ring (bicyclic) bond motifs is 1. The van der Waals surface area contributed by atoms with E-state index in [1.807, 2.05) is 35.8 Å². The third kappa shape index (κ3) is 4.98. The van der Waals surface area contributed by atoms with Crippen LogP contribution in [-0.2, 0) is 34.3 Å². The van der Waals surface area contributed by atoms with Crippen molar-refractivity contribution < 1.29 is 17.9 Å². The summed E-state index contributed by atoms with van der Waals surface area (Å²) in [5.41, 5.74) is 2.29. The van der Waals surface area contributed by atoms with Gasteiger partial charge < -0.3 is 14.6 Å². The van der Waals surface area contributed by atoms with Gasteiger partial charge in [0.05, 0.1) is 23.0 Å². The van der Waals surface area contributed by atoms with Gasteiger partial charge in [-0.25, -0.2) is 18.5 Å². The van der Waals surface area contributed by atoms with E-state index in [2.05, 4.69) is 10.3 Å². The molecule has 1 aromatic heterocycles. The van der Waals surface area contributed by atoms with Crippen LogP contribution in [0.25, 0.3) is 11.0 Å². The number of methoxy groups -OCH3 is 1. The Morgan fingerprint density at radius 3 is 2.70 bits per heavy atom. The first-order valence-corrected chi connectivity index (χ1v) is 11.3. The minimum absolute atomic E-state index is 0.0252. The van der Waals surface area contributed by atoms with E-state index in [-0.39, 0.29) is 17.2 Å². The number of rotatable bonds is 9. The zero-order valence-electron chi connectivity index (χ0n) is 17.1. The summed E-state index contributed by atoms with van der Waals surface area (Å²) in [7, 11) is -2.20. The largest absolute Gasteiger partial charge is 0.496 e. The van der Waals surface area contributed by atoms with Crippen LogP contribution < -0.4 is 15.2 Å². The lowest BCUT2D eigenvalue weighted by Crippen LogP contribution is -2.23. The van der Waals surface area contributed by atoms with Gasteiger partial charge in [-0.2, -0.15) is 0 Å². The second kappa shape index (κ2) is 9.27. The van der Waals surface area contributed by atoms with E-state index in [0.717, 1.165) is 35.6 Å². The number of imidazole rings is 1. The molecule has 0 unspecified atom stereocenters. The predicted octanol–water partition coefficient (Wildman–Crippen LogP) is 2.35. The predicted molar refractivity (Wildman–Crippen MR) is 115 cm³/mol. The lowest BCUT2D eigenvalue weighted by Gasteiger charge is -2.10. The van der Waals surface area contributed by atoms with Gasteiger partial charge in [0, 0.05) is 31.5 Å². The third-order valence-electron chi connectivity index (χ3n) is 4.82. The van der Waals surface area contributed by atoms with Crippen molar-refractivity contribution in [2.45, 2.75) is 44.2 Å². The number of carbonyl (C=O) groups excluding carboxylic acids is 1. The molecule has 0 aliphatic carbocycles. The van der Waals surface area contributed by atoms with Crippen molar-refractivity contribution in [2.24, 2.45) is 5.14 Å². The number of amides is 1. The molecular weight excluding hydrogens is 404 g/mol. The normalized spacial score (nSPS) is 11.6. The smallest absolute Gasteiger partial charge is 0.238 e. The molecule has 0 radical (unpaired) electrons. The molecule has 3 aromatic rings. The molecule has 3 rings (SSSR count). The van der Waals surface area contributed by atoms with Crippen molar-refractivity contribution in [3.8, 4) is 5.75 Å². The molecule has 0 saturated carbocycles. The number of nitrogens with two attached hydrogens (primary N) is 1. The summed E-state index contributed by atoms with van der Waals surface area (Å²) >= 11 is 0. The quantitative estimate of drug-likeness (QED) is 0.540. The number of benzene rings is 2. The van der Waals surface area contributed by atoms with Crippen molar-refractivity contribution >= 4 is 27.0 Å². The van der Waals surface area contributed by atoms with Crippen LogP contribution in [0.15, 0.2) is 47.4 Å². The van der Waals surface area contributed by atoms with Crippen LogP contribution >= 0.6 is 0 Å². The fourth-order valence-corrected chi connectivity index (χ4v) is 3.89. The Morgan fingerprint density at radius 1 is 1.23 bits per heavy atom.